The molecule has 0 amide bonds. The summed E-state index contributed by atoms with van der Waals surface area (Å²) in [7, 11) is 0. The number of hydrogen-bond acceptors (Lipinski definition) is 4. The summed E-state index contributed by atoms with van der Waals surface area (Å²) >= 11 is 0. The van der Waals surface area contributed by atoms with E-state index in [0.29, 0.717) is 42.1 Å². The Balaban J connectivity index is 1.43. The average molecular weight is 473 g/mol. The number of aliphatic hydroxyl groups excluding tert-OH is 1. The molecule has 5 aliphatic rings. The minimum absolute atomic E-state index is 0.0205. The predicted molar refractivity (Wildman–Crippen MR) is 130 cm³/mol. The quantitative estimate of drug-likeness (QED) is 0.523. The molecule has 5 heteroatoms. The Morgan fingerprint density at radius 2 is 1.88 bits per heavy atom. The number of carbonyl (C=O) groups is 2. The van der Waals surface area contributed by atoms with Crippen LogP contribution >= 0.6 is 0 Å². The Hall–Kier alpha value is -1.20. The standard InChI is InChI=1S/C29H44O5/c1-17(7-6-8-18(2)25(32)33)20-11-13-26(4)22-12-14-29-19(3)21(30)9-10-23(29)28(22,16-34-29)24(31)15-27(20,26)5/h8,17,19-23,30H,6-7,9-16H2,1-5H3,(H,32,33)/b18-8+/t17-,19-,20+,21-,22-,23-,26-,27+,28-,29+/m0/s1. The molecule has 0 radical (unpaired) electrons. The summed E-state index contributed by atoms with van der Waals surface area (Å²) in [6.45, 7) is 11.6. The fourth-order valence-electron chi connectivity index (χ4n) is 10.2. The lowest BCUT2D eigenvalue weighted by Gasteiger charge is -2.64. The third-order valence-electron chi connectivity index (χ3n) is 12.3. The number of ether oxygens (including phenoxy) is 1. The second-order valence-corrected chi connectivity index (χ2v) is 13.2. The van der Waals surface area contributed by atoms with E-state index in [2.05, 4.69) is 27.7 Å². The molecule has 5 fully saturated rings. The molecule has 5 rings (SSSR count). The minimum atomic E-state index is -0.840. The van der Waals surface area contributed by atoms with Gasteiger partial charge in [0.05, 0.1) is 23.7 Å². The third kappa shape index (κ3) is 2.92. The van der Waals surface area contributed by atoms with Crippen LogP contribution in [0.1, 0.15) is 92.4 Å². The van der Waals surface area contributed by atoms with E-state index in [-0.39, 0.29) is 39.8 Å². The smallest absolute Gasteiger partial charge is 0.330 e. The summed E-state index contributed by atoms with van der Waals surface area (Å²) in [4.78, 5) is 25.4. The summed E-state index contributed by atoms with van der Waals surface area (Å²) in [5.74, 6) is 1.25. The molecule has 10 atom stereocenters. The van der Waals surface area contributed by atoms with Crippen LogP contribution in [0, 0.1) is 45.8 Å². The summed E-state index contributed by atoms with van der Waals surface area (Å²) in [5.41, 5.74) is -0.157. The highest BCUT2D eigenvalue weighted by molar-refractivity contribution is 5.89. The molecule has 1 spiro atoms. The Morgan fingerprint density at radius 3 is 2.59 bits per heavy atom. The molecule has 1 heterocycles. The van der Waals surface area contributed by atoms with Gasteiger partial charge in [-0.3, -0.25) is 4.79 Å². The minimum Gasteiger partial charge on any atom is -0.478 e. The van der Waals surface area contributed by atoms with Crippen LogP contribution in [-0.4, -0.2) is 40.3 Å². The topological polar surface area (TPSA) is 83.8 Å². The van der Waals surface area contributed by atoms with Gasteiger partial charge in [-0.15, -0.1) is 0 Å². The number of hydrogen-bond donors (Lipinski definition) is 2. The van der Waals surface area contributed by atoms with Gasteiger partial charge in [0.15, 0.2) is 0 Å². The van der Waals surface area contributed by atoms with E-state index in [1.54, 1.807) is 6.92 Å². The first-order chi connectivity index (χ1) is 15.9. The second-order valence-electron chi connectivity index (χ2n) is 13.2. The van der Waals surface area contributed by atoms with E-state index in [1.807, 2.05) is 6.08 Å². The van der Waals surface area contributed by atoms with Crippen molar-refractivity contribution in [2.24, 2.45) is 45.8 Å². The van der Waals surface area contributed by atoms with Crippen molar-refractivity contribution in [1.29, 1.82) is 0 Å². The lowest BCUT2D eigenvalue weighted by molar-refractivity contribution is -0.191. The fraction of sp³-hybridized carbons (Fsp3) is 0.862. The number of fused-ring (bicyclic) bond motifs is 2. The zero-order valence-corrected chi connectivity index (χ0v) is 21.7. The number of rotatable bonds is 5. The summed E-state index contributed by atoms with van der Waals surface area (Å²) in [6, 6.07) is 0. The van der Waals surface area contributed by atoms with E-state index in [4.69, 9.17) is 9.84 Å². The molecule has 5 nitrogen and oxygen atoms in total. The van der Waals surface area contributed by atoms with Crippen LogP contribution in [0.2, 0.25) is 0 Å². The Labute approximate surface area is 204 Å². The molecule has 1 saturated heterocycles. The van der Waals surface area contributed by atoms with Crippen LogP contribution in [0.15, 0.2) is 11.6 Å². The van der Waals surface area contributed by atoms with E-state index < -0.39 is 5.97 Å². The molecule has 0 aromatic rings. The van der Waals surface area contributed by atoms with Gasteiger partial charge >= 0.3 is 5.97 Å². The number of aliphatic carboxylic acids is 1. The van der Waals surface area contributed by atoms with Crippen LogP contribution in [-0.2, 0) is 14.3 Å². The molecule has 0 aromatic carbocycles. The van der Waals surface area contributed by atoms with E-state index >= 15 is 0 Å². The summed E-state index contributed by atoms with van der Waals surface area (Å²) < 4.78 is 6.64. The highest BCUT2D eigenvalue weighted by atomic mass is 16.5. The Bertz CT molecular complexity index is 910. The molecule has 34 heavy (non-hydrogen) atoms. The highest BCUT2D eigenvalue weighted by Gasteiger charge is 2.77. The van der Waals surface area contributed by atoms with Crippen LogP contribution in [0.5, 0.6) is 0 Å². The van der Waals surface area contributed by atoms with Crippen molar-refractivity contribution < 1.29 is 24.5 Å². The van der Waals surface area contributed by atoms with Crippen molar-refractivity contribution >= 4 is 11.8 Å². The number of carboxylic acid groups (broad SMARTS) is 1. The summed E-state index contributed by atoms with van der Waals surface area (Å²) in [6.07, 6.45) is 9.95. The largest absolute Gasteiger partial charge is 0.478 e. The summed E-state index contributed by atoms with van der Waals surface area (Å²) in [5, 5.41) is 19.8. The molecule has 4 saturated carbocycles. The van der Waals surface area contributed by atoms with Gasteiger partial charge in [-0.2, -0.15) is 0 Å². The Kier molecular flexibility index (Phi) is 5.69. The highest BCUT2D eigenvalue weighted by Crippen LogP contribution is 2.77. The number of aliphatic hydroxyl groups is 1. The third-order valence-corrected chi connectivity index (χ3v) is 12.3. The van der Waals surface area contributed by atoms with Crippen molar-refractivity contribution in [1.82, 2.24) is 0 Å². The van der Waals surface area contributed by atoms with Gasteiger partial charge in [-0.1, -0.05) is 33.8 Å². The van der Waals surface area contributed by atoms with Gasteiger partial charge in [0, 0.05) is 23.8 Å². The second kappa shape index (κ2) is 7.90. The van der Waals surface area contributed by atoms with Crippen LogP contribution in [0.4, 0.5) is 0 Å². The zero-order chi connectivity index (χ0) is 24.7. The van der Waals surface area contributed by atoms with Gasteiger partial charge < -0.3 is 14.9 Å². The normalized spacial score (nSPS) is 50.9. The van der Waals surface area contributed by atoms with Gasteiger partial charge in [0.25, 0.3) is 0 Å². The molecule has 4 aliphatic carbocycles. The molecule has 2 N–H and O–H groups in total. The lowest BCUT2D eigenvalue weighted by atomic mass is 9.37. The SMILES string of the molecule is C/C(=C\CC[C@H](C)[C@H]1CC[C@@]2(C)[C@@H]3CC[C@]45OC[C@@]3(C(=O)C[C@]12C)[C@@H]4CC[C@H](O)[C@@H]5C)C(=O)O. The number of Topliss-reactive ketones (excluding diaryl/α,β-unsaturated/α-hetero) is 1. The van der Waals surface area contributed by atoms with Crippen molar-refractivity contribution in [3.05, 3.63) is 11.6 Å². The van der Waals surface area contributed by atoms with Crippen LogP contribution < -0.4 is 0 Å². The Morgan fingerprint density at radius 1 is 1.15 bits per heavy atom. The zero-order valence-electron chi connectivity index (χ0n) is 21.7. The first-order valence-electron chi connectivity index (χ1n) is 13.7. The number of carbonyl (C=O) groups excluding carboxylic acids is 1. The number of ketones is 1. The van der Waals surface area contributed by atoms with Crippen molar-refractivity contribution in [2.75, 3.05) is 6.61 Å². The monoisotopic (exact) mass is 472 g/mol. The first-order valence-corrected chi connectivity index (χ1v) is 13.7. The first kappa shape index (κ1) is 24.5. The molecule has 0 unspecified atom stereocenters. The fourth-order valence-corrected chi connectivity index (χ4v) is 10.2. The maximum atomic E-state index is 14.3. The molecule has 0 aromatic heterocycles. The van der Waals surface area contributed by atoms with Gasteiger partial charge in [-0.25, -0.2) is 4.79 Å². The van der Waals surface area contributed by atoms with Crippen LogP contribution in [0.3, 0.4) is 0 Å². The molecular formula is C29H44O5. The molecule has 2 bridgehead atoms. The van der Waals surface area contributed by atoms with Gasteiger partial charge in [0.1, 0.15) is 5.78 Å². The number of allylic oxidation sites excluding steroid dienone is 1. The van der Waals surface area contributed by atoms with E-state index in [9.17, 15) is 14.7 Å². The molecule has 1 aliphatic heterocycles. The van der Waals surface area contributed by atoms with Crippen molar-refractivity contribution in [3.63, 3.8) is 0 Å². The maximum absolute atomic E-state index is 14.3. The van der Waals surface area contributed by atoms with E-state index in [0.717, 1.165) is 44.9 Å². The van der Waals surface area contributed by atoms with Gasteiger partial charge in [-0.05, 0) is 86.9 Å². The molecular weight excluding hydrogens is 428 g/mol. The average Bonchev–Trinajstić information content (AvgIpc) is 3.18. The van der Waals surface area contributed by atoms with Crippen molar-refractivity contribution in [3.8, 4) is 0 Å². The van der Waals surface area contributed by atoms with Crippen molar-refractivity contribution in [2.45, 2.75) is 104 Å². The van der Waals surface area contributed by atoms with E-state index in [1.165, 1.54) is 6.42 Å². The molecule has 190 valence electrons. The van der Waals surface area contributed by atoms with Crippen LogP contribution in [0.25, 0.3) is 0 Å². The lowest BCUT2D eigenvalue weighted by Crippen LogP contribution is -2.67. The predicted octanol–water partition coefficient (Wildman–Crippen LogP) is 5.40. The maximum Gasteiger partial charge on any atom is 0.330 e. The number of carboxylic acids is 1. The van der Waals surface area contributed by atoms with Gasteiger partial charge in [0.2, 0.25) is 0 Å².